The minimum Gasteiger partial charge on any atom is -0.406 e. The lowest BCUT2D eigenvalue weighted by molar-refractivity contribution is -0.274. The van der Waals surface area contributed by atoms with Crippen LogP contribution in [0, 0.1) is 6.07 Å². The first-order valence-corrected chi connectivity index (χ1v) is 7.09. The molecular formula is C13H9F3NO3S. The molecule has 111 valence electrons. The molecule has 0 aromatic heterocycles. The summed E-state index contributed by atoms with van der Waals surface area (Å²) in [6.07, 6.45) is -4.82. The highest BCUT2D eigenvalue weighted by atomic mass is 32.2. The van der Waals surface area contributed by atoms with E-state index in [-0.39, 0.29) is 4.90 Å². The van der Waals surface area contributed by atoms with Crippen LogP contribution in [0.1, 0.15) is 0 Å². The van der Waals surface area contributed by atoms with Crippen LogP contribution in [0.3, 0.4) is 0 Å². The van der Waals surface area contributed by atoms with E-state index in [0.717, 1.165) is 24.3 Å². The summed E-state index contributed by atoms with van der Waals surface area (Å²) in [5.41, 5.74) is 0.323. The third-order valence-corrected chi connectivity index (χ3v) is 3.74. The van der Waals surface area contributed by atoms with Gasteiger partial charge >= 0.3 is 6.36 Å². The van der Waals surface area contributed by atoms with Gasteiger partial charge < -0.3 is 4.74 Å². The summed E-state index contributed by atoms with van der Waals surface area (Å²) in [4.78, 5) is -0.176. The molecule has 0 aliphatic rings. The number of halogens is 3. The Labute approximate surface area is 119 Å². The van der Waals surface area contributed by atoms with Crippen molar-refractivity contribution in [2.45, 2.75) is 11.3 Å². The molecule has 8 heteroatoms. The Morgan fingerprint density at radius 3 is 2.10 bits per heavy atom. The van der Waals surface area contributed by atoms with Crippen molar-refractivity contribution in [3.8, 4) is 5.75 Å². The van der Waals surface area contributed by atoms with Crippen LogP contribution in [0.25, 0.3) is 0 Å². The zero-order valence-corrected chi connectivity index (χ0v) is 11.2. The SMILES string of the molecule is O=S(=O)(Nc1cc[c]cc1)c1ccc(OC(F)(F)F)cc1. The average molecular weight is 316 g/mol. The van der Waals surface area contributed by atoms with E-state index in [1.807, 2.05) is 0 Å². The van der Waals surface area contributed by atoms with Crippen molar-refractivity contribution in [2.75, 3.05) is 4.72 Å². The average Bonchev–Trinajstić information content (AvgIpc) is 2.38. The molecule has 0 unspecified atom stereocenters. The van der Waals surface area contributed by atoms with Crippen LogP contribution < -0.4 is 9.46 Å². The monoisotopic (exact) mass is 316 g/mol. The van der Waals surface area contributed by atoms with E-state index in [1.54, 1.807) is 0 Å². The van der Waals surface area contributed by atoms with Crippen molar-refractivity contribution in [2.24, 2.45) is 0 Å². The van der Waals surface area contributed by atoms with E-state index in [0.29, 0.717) is 5.69 Å². The number of benzene rings is 2. The third-order valence-electron chi connectivity index (χ3n) is 2.34. The minimum atomic E-state index is -4.82. The van der Waals surface area contributed by atoms with E-state index < -0.39 is 22.1 Å². The van der Waals surface area contributed by atoms with Crippen LogP contribution in [0.5, 0.6) is 5.75 Å². The molecule has 4 nitrogen and oxygen atoms in total. The van der Waals surface area contributed by atoms with Gasteiger partial charge in [-0.05, 0) is 42.5 Å². The molecule has 21 heavy (non-hydrogen) atoms. The van der Waals surface area contributed by atoms with E-state index >= 15 is 0 Å². The summed E-state index contributed by atoms with van der Waals surface area (Å²) < 4.78 is 66.0. The highest BCUT2D eigenvalue weighted by Crippen LogP contribution is 2.24. The van der Waals surface area contributed by atoms with Gasteiger partial charge in [0, 0.05) is 5.69 Å². The van der Waals surface area contributed by atoms with Crippen molar-refractivity contribution >= 4 is 15.7 Å². The smallest absolute Gasteiger partial charge is 0.406 e. The van der Waals surface area contributed by atoms with Crippen molar-refractivity contribution < 1.29 is 26.3 Å². The second-order valence-electron chi connectivity index (χ2n) is 3.91. The summed E-state index contributed by atoms with van der Waals surface area (Å²) in [5.74, 6) is -0.490. The second kappa shape index (κ2) is 5.65. The fourth-order valence-corrected chi connectivity index (χ4v) is 2.55. The van der Waals surface area contributed by atoms with Gasteiger partial charge in [0.05, 0.1) is 4.90 Å². The summed E-state index contributed by atoms with van der Waals surface area (Å²) >= 11 is 0. The molecule has 2 rings (SSSR count). The summed E-state index contributed by atoms with van der Waals surface area (Å²) in [7, 11) is -3.87. The normalized spacial score (nSPS) is 12.0. The number of nitrogens with one attached hydrogen (secondary N) is 1. The van der Waals surface area contributed by atoms with Crippen LogP contribution in [0.4, 0.5) is 18.9 Å². The molecule has 0 bridgehead atoms. The van der Waals surface area contributed by atoms with Crippen LogP contribution in [0.15, 0.2) is 53.4 Å². The Morgan fingerprint density at radius 1 is 1.00 bits per heavy atom. The third kappa shape index (κ3) is 4.38. The maximum atomic E-state index is 12.0. The Kier molecular flexibility index (Phi) is 4.08. The van der Waals surface area contributed by atoms with E-state index in [1.165, 1.54) is 24.3 Å². The molecule has 0 saturated heterocycles. The van der Waals surface area contributed by atoms with Crippen molar-refractivity contribution in [3.05, 3.63) is 54.6 Å². The molecule has 1 radical (unpaired) electrons. The maximum Gasteiger partial charge on any atom is 0.573 e. The topological polar surface area (TPSA) is 55.4 Å². The Balaban J connectivity index is 2.18. The van der Waals surface area contributed by atoms with Crippen LogP contribution in [-0.2, 0) is 10.0 Å². The molecule has 2 aromatic carbocycles. The lowest BCUT2D eigenvalue weighted by Crippen LogP contribution is -2.17. The van der Waals surface area contributed by atoms with Gasteiger partial charge in [-0.25, -0.2) is 8.42 Å². The van der Waals surface area contributed by atoms with Gasteiger partial charge in [-0.2, -0.15) is 0 Å². The fraction of sp³-hybridized carbons (Fsp3) is 0.0769. The summed E-state index contributed by atoms with van der Waals surface area (Å²) in [5, 5.41) is 0. The van der Waals surface area contributed by atoms with Crippen LogP contribution >= 0.6 is 0 Å². The second-order valence-corrected chi connectivity index (χ2v) is 5.60. The number of sulfonamides is 1. The van der Waals surface area contributed by atoms with Gasteiger partial charge in [-0.1, -0.05) is 12.1 Å². The molecule has 0 aliphatic carbocycles. The van der Waals surface area contributed by atoms with Crippen molar-refractivity contribution in [3.63, 3.8) is 0 Å². The lowest BCUT2D eigenvalue weighted by atomic mass is 10.3. The molecule has 0 saturated carbocycles. The quantitative estimate of drug-likeness (QED) is 0.942. The standard InChI is InChI=1S/C13H9F3NO3S/c14-13(15,16)20-11-6-8-12(9-7-11)21(18,19)17-10-4-2-1-3-5-10/h2-9,17H. The molecular weight excluding hydrogens is 307 g/mol. The summed E-state index contributed by atoms with van der Waals surface area (Å²) in [6, 6.07) is 12.7. The highest BCUT2D eigenvalue weighted by Gasteiger charge is 2.31. The van der Waals surface area contributed by atoms with Crippen LogP contribution in [-0.4, -0.2) is 14.8 Å². The Bertz CT molecular complexity index is 698. The minimum absolute atomic E-state index is 0.176. The van der Waals surface area contributed by atoms with Gasteiger partial charge in [0.1, 0.15) is 5.75 Å². The fourth-order valence-electron chi connectivity index (χ4n) is 1.49. The van der Waals surface area contributed by atoms with E-state index in [9.17, 15) is 21.6 Å². The van der Waals surface area contributed by atoms with Gasteiger partial charge in [-0.15, -0.1) is 13.2 Å². The molecule has 0 heterocycles. The molecule has 2 aromatic rings. The highest BCUT2D eigenvalue weighted by molar-refractivity contribution is 7.92. The lowest BCUT2D eigenvalue weighted by Gasteiger charge is -2.10. The number of ether oxygens (including phenoxy) is 1. The van der Waals surface area contributed by atoms with Crippen molar-refractivity contribution in [1.29, 1.82) is 0 Å². The molecule has 0 atom stereocenters. The molecule has 0 fully saturated rings. The number of alkyl halides is 3. The van der Waals surface area contributed by atoms with Crippen LogP contribution in [0.2, 0.25) is 0 Å². The zero-order valence-electron chi connectivity index (χ0n) is 10.4. The first kappa shape index (κ1) is 15.2. The van der Waals surface area contributed by atoms with Gasteiger partial charge in [0.15, 0.2) is 0 Å². The predicted molar refractivity (Wildman–Crippen MR) is 69.2 cm³/mol. The molecule has 0 spiro atoms. The molecule has 0 aliphatic heterocycles. The Morgan fingerprint density at radius 2 is 1.57 bits per heavy atom. The van der Waals surface area contributed by atoms with Gasteiger partial charge in [-0.3, -0.25) is 4.72 Å². The first-order valence-electron chi connectivity index (χ1n) is 5.61. The van der Waals surface area contributed by atoms with E-state index in [2.05, 4.69) is 15.5 Å². The molecule has 0 amide bonds. The predicted octanol–water partition coefficient (Wildman–Crippen LogP) is 3.19. The maximum absolute atomic E-state index is 12.0. The largest absolute Gasteiger partial charge is 0.573 e. The number of rotatable bonds is 4. The van der Waals surface area contributed by atoms with E-state index in [4.69, 9.17) is 0 Å². The van der Waals surface area contributed by atoms with Gasteiger partial charge in [0.25, 0.3) is 10.0 Å². The Hall–Kier alpha value is -2.22. The number of hydrogen-bond donors (Lipinski definition) is 1. The van der Waals surface area contributed by atoms with Gasteiger partial charge in [0.2, 0.25) is 0 Å². The zero-order chi connectivity index (χ0) is 15.5. The first-order chi connectivity index (χ1) is 9.76. The number of anilines is 1. The molecule has 1 N–H and O–H groups in total. The van der Waals surface area contributed by atoms with Crippen molar-refractivity contribution in [1.82, 2.24) is 0 Å². The number of hydrogen-bond acceptors (Lipinski definition) is 3. The summed E-state index contributed by atoms with van der Waals surface area (Å²) in [6.45, 7) is 0.